The van der Waals surface area contributed by atoms with Gasteiger partial charge in [-0.05, 0) is 13.8 Å². The zero-order chi connectivity index (χ0) is 20.8. The van der Waals surface area contributed by atoms with E-state index in [0.717, 1.165) is 0 Å². The van der Waals surface area contributed by atoms with Crippen molar-refractivity contribution < 1.29 is 42.6 Å². The van der Waals surface area contributed by atoms with Crippen LogP contribution in [0, 0.1) is 5.92 Å². The molecule has 0 radical (unpaired) electrons. The molecular weight excluding hydrogens is 384 g/mol. The van der Waals surface area contributed by atoms with Gasteiger partial charge in [-0.2, -0.15) is 0 Å². The summed E-state index contributed by atoms with van der Waals surface area (Å²) in [6.45, 7) is 8.38. The summed E-state index contributed by atoms with van der Waals surface area (Å²) in [5.74, 6) is 0.142. The Morgan fingerprint density at radius 2 is 1.14 bits per heavy atom. The Labute approximate surface area is 173 Å². The highest BCUT2D eigenvalue weighted by atomic mass is 16.9. The SMILES string of the molecule is COC[C@@H](C)OCCOC1C2OC3OC1C(OCCO[C@H](C)COC)[C@@H](O3)C2C. The summed E-state index contributed by atoms with van der Waals surface area (Å²) in [6.07, 6.45) is -0.779. The van der Waals surface area contributed by atoms with Crippen LogP contribution in [-0.2, 0) is 42.6 Å². The largest absolute Gasteiger partial charge is 0.382 e. The van der Waals surface area contributed by atoms with Gasteiger partial charge in [0.25, 0.3) is 6.48 Å². The van der Waals surface area contributed by atoms with E-state index in [1.165, 1.54) is 0 Å². The zero-order valence-corrected chi connectivity index (χ0v) is 18.1. The predicted octanol–water partition coefficient (Wildman–Crippen LogP) is 0.976. The van der Waals surface area contributed by atoms with E-state index in [2.05, 4.69) is 6.92 Å². The maximum atomic E-state index is 6.13. The lowest BCUT2D eigenvalue weighted by Crippen LogP contribution is -2.73. The Morgan fingerprint density at radius 1 is 0.690 bits per heavy atom. The van der Waals surface area contributed by atoms with E-state index in [9.17, 15) is 0 Å². The van der Waals surface area contributed by atoms with Crippen molar-refractivity contribution in [2.24, 2.45) is 5.92 Å². The van der Waals surface area contributed by atoms with Gasteiger partial charge < -0.3 is 42.6 Å². The van der Waals surface area contributed by atoms with Gasteiger partial charge in [0.1, 0.15) is 18.3 Å². The highest BCUT2D eigenvalue weighted by Gasteiger charge is 2.61. The topological polar surface area (TPSA) is 83.1 Å². The van der Waals surface area contributed by atoms with Crippen molar-refractivity contribution in [2.75, 3.05) is 53.9 Å². The Kier molecular flexibility index (Phi) is 9.09. The van der Waals surface area contributed by atoms with Crippen molar-refractivity contribution >= 4 is 0 Å². The smallest absolute Gasteiger partial charge is 0.272 e. The van der Waals surface area contributed by atoms with Crippen molar-refractivity contribution in [1.82, 2.24) is 0 Å². The van der Waals surface area contributed by atoms with Crippen LogP contribution in [0.4, 0.5) is 0 Å². The Hall–Kier alpha value is -0.360. The molecule has 3 aliphatic heterocycles. The summed E-state index contributed by atoms with van der Waals surface area (Å²) >= 11 is 0. The lowest BCUT2D eigenvalue weighted by molar-refractivity contribution is -0.481. The molecule has 0 aromatic rings. The van der Waals surface area contributed by atoms with Crippen LogP contribution < -0.4 is 0 Å². The van der Waals surface area contributed by atoms with Crippen LogP contribution in [0.25, 0.3) is 0 Å². The molecule has 4 rings (SSSR count). The monoisotopic (exact) mass is 420 g/mol. The minimum absolute atomic E-state index is 0.0264. The third-order valence-corrected chi connectivity index (χ3v) is 5.53. The lowest BCUT2D eigenvalue weighted by Gasteiger charge is -2.58. The quantitative estimate of drug-likeness (QED) is 0.382. The van der Waals surface area contributed by atoms with E-state index in [1.807, 2.05) is 13.8 Å². The molecule has 0 N–H and O–H groups in total. The van der Waals surface area contributed by atoms with Crippen LogP contribution in [0.15, 0.2) is 0 Å². The third kappa shape index (κ3) is 5.87. The van der Waals surface area contributed by atoms with Crippen LogP contribution in [0.5, 0.6) is 0 Å². The number of rotatable bonds is 14. The van der Waals surface area contributed by atoms with E-state index in [4.69, 9.17) is 42.6 Å². The van der Waals surface area contributed by atoms with Gasteiger partial charge in [0.05, 0.1) is 64.1 Å². The molecule has 4 bridgehead atoms. The van der Waals surface area contributed by atoms with Gasteiger partial charge in [-0.3, -0.25) is 0 Å². The van der Waals surface area contributed by atoms with Gasteiger partial charge in [0, 0.05) is 20.1 Å². The summed E-state index contributed by atoms with van der Waals surface area (Å²) in [6, 6.07) is 0. The first-order valence-corrected chi connectivity index (χ1v) is 10.5. The van der Waals surface area contributed by atoms with Crippen LogP contribution in [0.2, 0.25) is 0 Å². The molecule has 3 heterocycles. The van der Waals surface area contributed by atoms with Crippen molar-refractivity contribution in [3.63, 3.8) is 0 Å². The fourth-order valence-electron chi connectivity index (χ4n) is 4.20. The number of methoxy groups -OCH3 is 2. The molecule has 0 aromatic carbocycles. The third-order valence-electron chi connectivity index (χ3n) is 5.53. The lowest BCUT2D eigenvalue weighted by atomic mass is 9.77. The summed E-state index contributed by atoms with van der Waals surface area (Å²) < 4.78 is 51.4. The molecular formula is C20H36O9. The van der Waals surface area contributed by atoms with Gasteiger partial charge in [-0.15, -0.1) is 0 Å². The fourth-order valence-corrected chi connectivity index (χ4v) is 4.20. The molecule has 3 saturated heterocycles. The molecule has 1 saturated carbocycles. The number of hydrogen-bond donors (Lipinski definition) is 0. The van der Waals surface area contributed by atoms with Crippen molar-refractivity contribution in [3.8, 4) is 0 Å². The van der Waals surface area contributed by atoms with Crippen molar-refractivity contribution in [1.29, 1.82) is 0 Å². The first kappa shape index (κ1) is 23.3. The number of hydrogen-bond acceptors (Lipinski definition) is 9. The standard InChI is InChI=1S/C20H36O9/c1-12(10-21-4)23-6-8-25-17-15-14(3)16-18(19(17)29-20(27-15)28-16)26-9-7-24-13(2)11-22-5/h12-20H,6-11H2,1-5H3/t12-,13-,14?,15+,16?,17?,18?,19?,20?/m1/s1. The molecule has 170 valence electrons. The minimum Gasteiger partial charge on any atom is -0.382 e. The van der Waals surface area contributed by atoms with Gasteiger partial charge in [0.15, 0.2) is 0 Å². The maximum absolute atomic E-state index is 6.13. The van der Waals surface area contributed by atoms with E-state index in [0.29, 0.717) is 39.6 Å². The minimum atomic E-state index is -0.637. The van der Waals surface area contributed by atoms with Crippen LogP contribution >= 0.6 is 0 Å². The molecule has 4 fully saturated rings. The van der Waals surface area contributed by atoms with Crippen LogP contribution in [0.3, 0.4) is 0 Å². The van der Waals surface area contributed by atoms with Gasteiger partial charge in [-0.25, -0.2) is 0 Å². The second-order valence-corrected chi connectivity index (χ2v) is 7.89. The Morgan fingerprint density at radius 3 is 1.59 bits per heavy atom. The van der Waals surface area contributed by atoms with E-state index in [1.54, 1.807) is 14.2 Å². The zero-order valence-electron chi connectivity index (χ0n) is 18.1. The highest BCUT2D eigenvalue weighted by molar-refractivity contribution is 5.05. The van der Waals surface area contributed by atoms with Crippen molar-refractivity contribution in [3.05, 3.63) is 0 Å². The molecule has 0 aromatic heterocycles. The molecule has 0 amide bonds. The molecule has 9 heteroatoms. The summed E-state index contributed by atoms with van der Waals surface area (Å²) in [5, 5.41) is 0. The van der Waals surface area contributed by atoms with E-state index >= 15 is 0 Å². The fraction of sp³-hybridized carbons (Fsp3) is 1.00. The van der Waals surface area contributed by atoms with Gasteiger partial charge in [-0.1, -0.05) is 6.92 Å². The second kappa shape index (κ2) is 11.3. The maximum Gasteiger partial charge on any atom is 0.272 e. The average molecular weight is 420 g/mol. The summed E-state index contributed by atoms with van der Waals surface area (Å²) in [5.41, 5.74) is 0. The molecule has 9 atom stereocenters. The first-order chi connectivity index (χ1) is 14.0. The van der Waals surface area contributed by atoms with E-state index < -0.39 is 6.48 Å². The first-order valence-electron chi connectivity index (χ1n) is 10.5. The average Bonchev–Trinajstić information content (AvgIpc) is 2.69. The number of ether oxygens (including phenoxy) is 9. The van der Waals surface area contributed by atoms with Crippen LogP contribution in [0.1, 0.15) is 20.8 Å². The molecule has 4 aliphatic rings. The Balaban J connectivity index is 1.48. The van der Waals surface area contributed by atoms with Crippen molar-refractivity contribution in [2.45, 2.75) is 70.0 Å². The van der Waals surface area contributed by atoms with Gasteiger partial charge in [0.2, 0.25) is 0 Å². The molecule has 9 nitrogen and oxygen atoms in total. The predicted molar refractivity (Wildman–Crippen MR) is 102 cm³/mol. The summed E-state index contributed by atoms with van der Waals surface area (Å²) in [7, 11) is 3.32. The molecule has 6 unspecified atom stereocenters. The molecule has 1 aliphatic carbocycles. The van der Waals surface area contributed by atoms with Crippen LogP contribution in [-0.4, -0.2) is 103 Å². The highest BCUT2D eigenvalue weighted by Crippen LogP contribution is 2.45. The summed E-state index contributed by atoms with van der Waals surface area (Å²) in [4.78, 5) is 0. The van der Waals surface area contributed by atoms with E-state index in [-0.39, 0.29) is 48.6 Å². The van der Waals surface area contributed by atoms with Gasteiger partial charge >= 0.3 is 0 Å². The molecule has 29 heavy (non-hydrogen) atoms. The molecule has 0 spiro atoms. The normalized spacial score (nSPS) is 37.8. The Bertz CT molecular complexity index is 441. The second-order valence-electron chi connectivity index (χ2n) is 7.89.